The summed E-state index contributed by atoms with van der Waals surface area (Å²) in [7, 11) is 0. The quantitative estimate of drug-likeness (QED) is 0.285. The summed E-state index contributed by atoms with van der Waals surface area (Å²) < 4.78 is 11.3. The zero-order valence-electron chi connectivity index (χ0n) is 16.9. The smallest absolute Gasteiger partial charge is 0.316 e. The Morgan fingerprint density at radius 1 is 1.37 bits per heavy atom. The number of esters is 1. The second kappa shape index (κ2) is 13.0. The van der Waals surface area contributed by atoms with Gasteiger partial charge in [-0.05, 0) is 51.5 Å². The first-order chi connectivity index (χ1) is 12.9. The van der Waals surface area contributed by atoms with Crippen LogP contribution in [0.3, 0.4) is 0 Å². The van der Waals surface area contributed by atoms with Crippen LogP contribution in [0.5, 0.6) is 0 Å². The predicted octanol–water partition coefficient (Wildman–Crippen LogP) is 4.53. The van der Waals surface area contributed by atoms with Crippen LogP contribution in [-0.2, 0) is 14.3 Å². The Morgan fingerprint density at radius 3 is 2.74 bits per heavy atom. The van der Waals surface area contributed by atoms with Crippen LogP contribution in [0.1, 0.15) is 50.4 Å². The lowest BCUT2D eigenvalue weighted by Crippen LogP contribution is -2.28. The molecule has 1 aromatic heterocycles. The summed E-state index contributed by atoms with van der Waals surface area (Å²) >= 11 is 3.04. The molecule has 0 bridgehead atoms. The largest absolute Gasteiger partial charge is 0.458 e. The number of carbonyl (C=O) groups excluding carboxylic acids is 1. The maximum Gasteiger partial charge on any atom is 0.316 e. The van der Waals surface area contributed by atoms with Gasteiger partial charge in [-0.1, -0.05) is 25.1 Å². The van der Waals surface area contributed by atoms with Gasteiger partial charge in [0.15, 0.2) is 0 Å². The number of aromatic nitrogens is 1. The zero-order valence-corrected chi connectivity index (χ0v) is 18.5. The molecule has 0 amide bonds. The van der Waals surface area contributed by atoms with Gasteiger partial charge in [0, 0.05) is 11.4 Å². The van der Waals surface area contributed by atoms with Crippen molar-refractivity contribution < 1.29 is 14.3 Å². The number of unbranched alkanes of at least 4 members (excludes halogenated alkanes) is 1. The number of ether oxygens (including phenoxy) is 2. The zero-order chi connectivity index (χ0) is 20.2. The average molecular weight is 411 g/mol. The van der Waals surface area contributed by atoms with Gasteiger partial charge in [0.2, 0.25) is 0 Å². The molecular formula is C20H30N2O3S2. The van der Waals surface area contributed by atoms with E-state index in [1.807, 2.05) is 33.8 Å². The van der Waals surface area contributed by atoms with E-state index in [9.17, 15) is 10.1 Å². The van der Waals surface area contributed by atoms with Crippen molar-refractivity contribution in [2.24, 2.45) is 0 Å². The van der Waals surface area contributed by atoms with Crippen LogP contribution in [0, 0.1) is 25.2 Å². The normalized spacial score (nSPS) is 12.0. The van der Waals surface area contributed by atoms with Gasteiger partial charge in [0.05, 0.1) is 24.0 Å². The van der Waals surface area contributed by atoms with Gasteiger partial charge >= 0.3 is 5.97 Å². The molecule has 7 heteroatoms. The van der Waals surface area contributed by atoms with Crippen LogP contribution in [0.15, 0.2) is 11.1 Å². The standard InChI is InChI=1S/C20H30N2O3S2/c1-6-7-8-26-12-17(11-24-14(2)3)25-19(23)13-27-20-18(10-21)15(4)9-16(5)22-20/h9,14,17H,6-8,11-13H2,1-5H3. The molecule has 1 aromatic rings. The van der Waals surface area contributed by atoms with Crippen LogP contribution >= 0.6 is 23.5 Å². The summed E-state index contributed by atoms with van der Waals surface area (Å²) in [5, 5.41) is 9.91. The van der Waals surface area contributed by atoms with Crippen molar-refractivity contribution in [2.45, 2.75) is 64.7 Å². The molecular weight excluding hydrogens is 380 g/mol. The number of rotatable bonds is 12. The van der Waals surface area contributed by atoms with Crippen LogP contribution in [0.4, 0.5) is 0 Å². The van der Waals surface area contributed by atoms with Crippen molar-refractivity contribution in [2.75, 3.05) is 23.9 Å². The highest BCUT2D eigenvalue weighted by Gasteiger charge is 2.18. The highest BCUT2D eigenvalue weighted by molar-refractivity contribution is 8.00. The van der Waals surface area contributed by atoms with E-state index in [0.717, 1.165) is 35.6 Å². The molecule has 5 nitrogen and oxygen atoms in total. The number of nitriles is 1. The number of hydrogen-bond donors (Lipinski definition) is 0. The molecule has 0 saturated carbocycles. The molecule has 150 valence electrons. The molecule has 0 spiro atoms. The van der Waals surface area contributed by atoms with E-state index >= 15 is 0 Å². The Labute approximate surface area is 171 Å². The lowest BCUT2D eigenvalue weighted by atomic mass is 10.1. The molecule has 1 heterocycles. The van der Waals surface area contributed by atoms with E-state index in [1.165, 1.54) is 11.8 Å². The Morgan fingerprint density at radius 2 is 2.11 bits per heavy atom. The molecule has 1 unspecified atom stereocenters. The van der Waals surface area contributed by atoms with E-state index in [1.54, 1.807) is 11.8 Å². The number of hydrogen-bond acceptors (Lipinski definition) is 7. The Kier molecular flexibility index (Phi) is 11.5. The number of nitrogens with zero attached hydrogens (tertiary/aromatic N) is 2. The predicted molar refractivity (Wildman–Crippen MR) is 112 cm³/mol. The third-order valence-electron chi connectivity index (χ3n) is 3.61. The van der Waals surface area contributed by atoms with E-state index in [4.69, 9.17) is 9.47 Å². The fourth-order valence-corrected chi connectivity index (χ4v) is 4.24. The monoisotopic (exact) mass is 410 g/mol. The second-order valence-electron chi connectivity index (χ2n) is 6.58. The lowest BCUT2D eigenvalue weighted by molar-refractivity contribution is -0.148. The summed E-state index contributed by atoms with van der Waals surface area (Å²) in [6.45, 7) is 10.3. The summed E-state index contributed by atoms with van der Waals surface area (Å²) in [4.78, 5) is 16.7. The molecule has 0 fully saturated rings. The second-order valence-corrected chi connectivity index (χ2v) is 8.70. The molecule has 0 N–H and O–H groups in total. The van der Waals surface area contributed by atoms with Crippen molar-refractivity contribution in [3.63, 3.8) is 0 Å². The van der Waals surface area contributed by atoms with Crippen molar-refractivity contribution in [1.82, 2.24) is 4.98 Å². The lowest BCUT2D eigenvalue weighted by Gasteiger charge is -2.19. The van der Waals surface area contributed by atoms with Gasteiger partial charge in [-0.25, -0.2) is 4.98 Å². The fourth-order valence-electron chi connectivity index (χ4n) is 2.27. The van der Waals surface area contributed by atoms with Crippen molar-refractivity contribution in [3.8, 4) is 6.07 Å². The number of carbonyl (C=O) groups is 1. The van der Waals surface area contributed by atoms with Crippen molar-refractivity contribution >= 4 is 29.5 Å². The molecule has 0 aliphatic heterocycles. The SMILES string of the molecule is CCCCSCC(COC(C)C)OC(=O)CSc1nc(C)cc(C)c1C#N. The summed E-state index contributed by atoms with van der Waals surface area (Å²) in [6, 6.07) is 4.04. The first-order valence-corrected chi connectivity index (χ1v) is 11.4. The third kappa shape index (κ3) is 9.50. The van der Waals surface area contributed by atoms with E-state index < -0.39 is 0 Å². The Bertz CT molecular complexity index is 645. The summed E-state index contributed by atoms with van der Waals surface area (Å²) in [5.41, 5.74) is 2.22. The Balaban J connectivity index is 2.61. The molecule has 1 atom stereocenters. The van der Waals surface area contributed by atoms with Gasteiger partial charge in [-0.3, -0.25) is 4.79 Å². The van der Waals surface area contributed by atoms with Gasteiger partial charge in [0.1, 0.15) is 17.2 Å². The van der Waals surface area contributed by atoms with Gasteiger partial charge in [-0.15, -0.1) is 0 Å². The molecule has 0 aliphatic rings. The minimum absolute atomic E-state index is 0.0962. The van der Waals surface area contributed by atoms with Crippen LogP contribution < -0.4 is 0 Å². The Hall–Kier alpha value is -1.23. The molecule has 27 heavy (non-hydrogen) atoms. The average Bonchev–Trinajstić information content (AvgIpc) is 2.60. The number of pyridine rings is 1. The molecule has 0 aromatic carbocycles. The summed E-state index contributed by atoms with van der Waals surface area (Å²) in [6.07, 6.45) is 2.14. The van der Waals surface area contributed by atoms with Crippen LogP contribution in [-0.4, -0.2) is 47.0 Å². The molecule has 0 radical (unpaired) electrons. The first-order valence-electron chi connectivity index (χ1n) is 9.27. The minimum Gasteiger partial charge on any atom is -0.458 e. The molecule has 1 rings (SSSR count). The number of thioether (sulfide) groups is 2. The molecule has 0 saturated heterocycles. The van der Waals surface area contributed by atoms with E-state index in [0.29, 0.717) is 17.2 Å². The van der Waals surface area contributed by atoms with E-state index in [2.05, 4.69) is 18.0 Å². The van der Waals surface area contributed by atoms with Crippen LogP contribution in [0.2, 0.25) is 0 Å². The molecule has 0 aliphatic carbocycles. The van der Waals surface area contributed by atoms with Gasteiger partial charge < -0.3 is 9.47 Å². The topological polar surface area (TPSA) is 72.2 Å². The van der Waals surface area contributed by atoms with Crippen molar-refractivity contribution in [1.29, 1.82) is 5.26 Å². The third-order valence-corrected chi connectivity index (χ3v) is 5.74. The van der Waals surface area contributed by atoms with E-state index in [-0.39, 0.29) is 23.9 Å². The van der Waals surface area contributed by atoms with Crippen molar-refractivity contribution in [3.05, 3.63) is 22.9 Å². The minimum atomic E-state index is -0.307. The fraction of sp³-hybridized carbons (Fsp3) is 0.650. The van der Waals surface area contributed by atoms with Crippen LogP contribution in [0.25, 0.3) is 0 Å². The highest BCUT2D eigenvalue weighted by Crippen LogP contribution is 2.24. The highest BCUT2D eigenvalue weighted by atomic mass is 32.2. The number of aryl methyl sites for hydroxylation is 2. The first kappa shape index (κ1) is 23.8. The van der Waals surface area contributed by atoms with Gasteiger partial charge in [-0.2, -0.15) is 17.0 Å². The maximum atomic E-state index is 12.3. The summed E-state index contributed by atoms with van der Waals surface area (Å²) in [5.74, 6) is 1.61. The van der Waals surface area contributed by atoms with Gasteiger partial charge in [0.25, 0.3) is 0 Å². The maximum absolute atomic E-state index is 12.3.